The van der Waals surface area contributed by atoms with E-state index in [0.717, 1.165) is 17.0 Å². The Morgan fingerprint density at radius 3 is 1.88 bits per heavy atom. The van der Waals surface area contributed by atoms with Crippen molar-refractivity contribution < 1.29 is 74.4 Å². The van der Waals surface area contributed by atoms with E-state index in [1.54, 1.807) is 41.5 Å². The summed E-state index contributed by atoms with van der Waals surface area (Å²) in [6.45, 7) is 9.10. The number of aliphatic imine (C=N–C) groups is 1. The average Bonchev–Trinajstić information content (AvgIpc) is 3.63. The maximum absolute atomic E-state index is 14.3. The Labute approximate surface area is 374 Å². The number of carbonyl (C=O) groups excluding carboxylic acids is 4. The van der Waals surface area contributed by atoms with Crippen molar-refractivity contribution in [2.45, 2.75) is 96.9 Å². The molecule has 1 aliphatic rings. The summed E-state index contributed by atoms with van der Waals surface area (Å²) in [5.74, 6) is -1.97. The van der Waals surface area contributed by atoms with Crippen LogP contribution in [0.3, 0.4) is 0 Å². The second-order valence-electron chi connectivity index (χ2n) is 16.7. The number of nitrogens with zero attached hydrogens (tertiary/aromatic N) is 3. The number of anilines is 4. The molecule has 0 aromatic heterocycles. The molecule has 0 bridgehead atoms. The van der Waals surface area contributed by atoms with Gasteiger partial charge in [0.15, 0.2) is 5.75 Å². The maximum atomic E-state index is 14.3. The van der Waals surface area contributed by atoms with Gasteiger partial charge in [0.05, 0.1) is 29.0 Å². The Balaban J connectivity index is 1.52. The molecule has 0 spiro atoms. The maximum Gasteiger partial charge on any atom is 0.427 e. The zero-order valence-corrected chi connectivity index (χ0v) is 36.6. The molecule has 1 atom stereocenters. The molecule has 1 fully saturated rings. The molecule has 360 valence electrons. The van der Waals surface area contributed by atoms with Crippen molar-refractivity contribution in [2.75, 3.05) is 41.3 Å². The van der Waals surface area contributed by atoms with E-state index in [9.17, 15) is 55.4 Å². The first-order valence-electron chi connectivity index (χ1n) is 20.1. The minimum Gasteiger partial charge on any atom is -0.484 e. The number of halogens is 6. The first-order chi connectivity index (χ1) is 30.5. The standard InChI is InChI=1S/C42H50F6N8O10/c1-39(2,3)65-37(61)56(38(62)66-40(4,5)6)34(50)51-15-8-7-9-32(57)53-30-19-24(42(46,47)48)20-31(33(30)64-28-14-16-55(22-28)36(59)60)54-35(58)52-26-10-12-27(13-11-26)63-29-18-23(41(43,44)45)17-25(49)21-29/h10-13,17-21,28H,7-9,14-16,22,49H2,1-6H3,(H2,50,51)(H,53,57)(H,59,60)(H2,52,54,58)/t28-/m1/s1. The Morgan fingerprint density at radius 1 is 0.788 bits per heavy atom. The van der Waals surface area contributed by atoms with Gasteiger partial charge >= 0.3 is 36.7 Å². The average molecular weight is 941 g/mol. The van der Waals surface area contributed by atoms with Crippen LogP contribution in [0.2, 0.25) is 0 Å². The highest BCUT2D eigenvalue weighted by atomic mass is 19.4. The lowest BCUT2D eigenvalue weighted by molar-refractivity contribution is -0.138. The Hall–Kier alpha value is -7.14. The van der Waals surface area contributed by atoms with E-state index in [4.69, 9.17) is 30.4 Å². The van der Waals surface area contributed by atoms with Crippen LogP contribution in [-0.4, -0.2) is 88.0 Å². The summed E-state index contributed by atoms with van der Waals surface area (Å²) in [6, 6.07) is 7.85. The molecule has 0 saturated carbocycles. The lowest BCUT2D eigenvalue weighted by Gasteiger charge is -2.27. The number of hydrogen-bond donors (Lipinski definition) is 6. The van der Waals surface area contributed by atoms with Gasteiger partial charge in [0.25, 0.3) is 0 Å². The number of unbranched alkanes of at least 4 members (excludes halogenated alkanes) is 1. The second-order valence-corrected chi connectivity index (χ2v) is 16.7. The van der Waals surface area contributed by atoms with Crippen LogP contribution >= 0.6 is 0 Å². The summed E-state index contributed by atoms with van der Waals surface area (Å²) in [7, 11) is 0. The topological polar surface area (TPSA) is 249 Å². The molecule has 0 unspecified atom stereocenters. The molecule has 3 aromatic carbocycles. The van der Waals surface area contributed by atoms with E-state index in [0.29, 0.717) is 17.0 Å². The van der Waals surface area contributed by atoms with E-state index in [-0.39, 0.29) is 68.2 Å². The van der Waals surface area contributed by atoms with Gasteiger partial charge in [-0.3, -0.25) is 9.79 Å². The fourth-order valence-electron chi connectivity index (χ4n) is 5.89. The van der Waals surface area contributed by atoms with Gasteiger partial charge in [0, 0.05) is 43.4 Å². The molecule has 66 heavy (non-hydrogen) atoms. The number of alkyl halides is 6. The minimum atomic E-state index is -5.01. The summed E-state index contributed by atoms with van der Waals surface area (Å²) in [6.07, 6.45) is -14.2. The third-order valence-corrected chi connectivity index (χ3v) is 8.71. The number of guanidine groups is 1. The quantitative estimate of drug-likeness (QED) is 0.0327. The number of ether oxygens (including phenoxy) is 4. The van der Waals surface area contributed by atoms with Crippen LogP contribution in [0.5, 0.6) is 17.2 Å². The molecule has 6 amide bonds. The first kappa shape index (κ1) is 51.5. The highest BCUT2D eigenvalue weighted by molar-refractivity contribution is 6.07. The SMILES string of the molecule is CC(C)(C)OC(=O)N(C(=O)OC(C)(C)C)C(N)=NCCCCC(=O)Nc1cc(C(F)(F)F)cc(NC(=O)Nc2ccc(Oc3cc(N)cc(C(F)(F)F)c3)cc2)c1O[C@@H]1CCN(C(=O)O)C1. The highest BCUT2D eigenvalue weighted by Gasteiger charge is 2.37. The van der Waals surface area contributed by atoms with Gasteiger partial charge in [-0.05, 0) is 103 Å². The van der Waals surface area contributed by atoms with Gasteiger partial charge in [-0.25, -0.2) is 19.2 Å². The summed E-state index contributed by atoms with van der Waals surface area (Å²) in [4.78, 5) is 69.3. The van der Waals surface area contributed by atoms with Crippen LogP contribution in [0.1, 0.15) is 78.4 Å². The number of hydrogen-bond acceptors (Lipinski definition) is 11. The van der Waals surface area contributed by atoms with Crippen molar-refractivity contribution >= 4 is 58.9 Å². The lowest BCUT2D eigenvalue weighted by atomic mass is 10.1. The van der Waals surface area contributed by atoms with Gasteiger partial charge in [-0.15, -0.1) is 4.90 Å². The molecule has 8 N–H and O–H groups in total. The number of rotatable bonds is 12. The molecule has 18 nitrogen and oxygen atoms in total. The molecule has 1 saturated heterocycles. The summed E-state index contributed by atoms with van der Waals surface area (Å²) in [5.41, 5.74) is 5.99. The van der Waals surface area contributed by atoms with Crippen molar-refractivity contribution in [1.29, 1.82) is 0 Å². The number of benzene rings is 3. The number of likely N-dealkylation sites (tertiary alicyclic amines) is 1. The van der Waals surface area contributed by atoms with Crippen LogP contribution in [0, 0.1) is 0 Å². The van der Waals surface area contributed by atoms with Crippen molar-refractivity contribution in [1.82, 2.24) is 9.80 Å². The van der Waals surface area contributed by atoms with Crippen LogP contribution in [-0.2, 0) is 26.6 Å². The van der Waals surface area contributed by atoms with Crippen LogP contribution in [0.15, 0.2) is 59.6 Å². The Morgan fingerprint density at radius 2 is 1.35 bits per heavy atom. The number of amides is 6. The number of nitrogens with two attached hydrogens (primary N) is 2. The van der Waals surface area contributed by atoms with E-state index in [1.807, 2.05) is 0 Å². The fourth-order valence-corrected chi connectivity index (χ4v) is 5.89. The predicted octanol–water partition coefficient (Wildman–Crippen LogP) is 9.47. The number of imide groups is 1. The molecule has 1 aliphatic heterocycles. The van der Waals surface area contributed by atoms with E-state index in [1.165, 1.54) is 30.3 Å². The number of urea groups is 1. The minimum absolute atomic E-state index is 0.0206. The second kappa shape index (κ2) is 20.8. The summed E-state index contributed by atoms with van der Waals surface area (Å²) in [5, 5.41) is 16.6. The molecule has 1 heterocycles. The summed E-state index contributed by atoms with van der Waals surface area (Å²) >= 11 is 0. The fraction of sp³-hybridized carbons (Fsp3) is 0.429. The normalized spacial score (nSPS) is 14.5. The van der Waals surface area contributed by atoms with Crippen molar-refractivity contribution in [3.8, 4) is 17.2 Å². The van der Waals surface area contributed by atoms with E-state index < -0.39 is 94.1 Å². The molecule has 3 aromatic rings. The molecule has 0 radical (unpaired) electrons. The van der Waals surface area contributed by atoms with Gasteiger partial charge in [0.1, 0.15) is 28.8 Å². The van der Waals surface area contributed by atoms with Crippen LogP contribution in [0.25, 0.3) is 0 Å². The zero-order chi connectivity index (χ0) is 49.4. The number of nitrogen functional groups attached to an aromatic ring is 1. The zero-order valence-electron chi connectivity index (χ0n) is 36.6. The number of nitrogens with one attached hydrogen (secondary N) is 3. The van der Waals surface area contributed by atoms with E-state index >= 15 is 0 Å². The molecular formula is C42H50F6N8O10. The monoisotopic (exact) mass is 940 g/mol. The van der Waals surface area contributed by atoms with Gasteiger partial charge in [-0.1, -0.05) is 0 Å². The molecule has 24 heteroatoms. The van der Waals surface area contributed by atoms with Crippen molar-refractivity contribution in [2.24, 2.45) is 10.7 Å². The Bertz CT molecular complexity index is 2270. The third kappa shape index (κ3) is 15.8. The van der Waals surface area contributed by atoms with Gasteiger partial charge < -0.3 is 56.4 Å². The molecular weight excluding hydrogens is 890 g/mol. The molecule has 4 rings (SSSR count). The highest BCUT2D eigenvalue weighted by Crippen LogP contribution is 2.42. The third-order valence-electron chi connectivity index (χ3n) is 8.71. The number of carboxylic acid groups (broad SMARTS) is 1. The molecule has 0 aliphatic carbocycles. The van der Waals surface area contributed by atoms with Gasteiger partial charge in [-0.2, -0.15) is 26.3 Å². The predicted molar refractivity (Wildman–Crippen MR) is 228 cm³/mol. The van der Waals surface area contributed by atoms with Gasteiger partial charge in [0.2, 0.25) is 11.9 Å². The van der Waals surface area contributed by atoms with Crippen molar-refractivity contribution in [3.05, 3.63) is 65.7 Å². The number of carbonyl (C=O) groups is 5. The first-order valence-corrected chi connectivity index (χ1v) is 20.1. The van der Waals surface area contributed by atoms with Crippen LogP contribution in [0.4, 0.5) is 68.3 Å². The smallest absolute Gasteiger partial charge is 0.427 e. The van der Waals surface area contributed by atoms with E-state index in [2.05, 4.69) is 20.9 Å². The summed E-state index contributed by atoms with van der Waals surface area (Å²) < 4.78 is 105. The van der Waals surface area contributed by atoms with Crippen LogP contribution < -0.4 is 36.9 Å². The lowest BCUT2D eigenvalue weighted by Crippen LogP contribution is -2.50. The largest absolute Gasteiger partial charge is 0.484 e. The Kier molecular flexibility index (Phi) is 16.2. The van der Waals surface area contributed by atoms with Crippen molar-refractivity contribution in [3.63, 3.8) is 0 Å².